The number of esters is 1. The van der Waals surface area contributed by atoms with E-state index in [1.807, 2.05) is 7.05 Å². The van der Waals surface area contributed by atoms with Gasteiger partial charge >= 0.3 is 11.8 Å². The van der Waals surface area contributed by atoms with E-state index in [4.69, 9.17) is 18.9 Å². The van der Waals surface area contributed by atoms with Crippen LogP contribution >= 0.6 is 0 Å². The fraction of sp³-hybridized carbons (Fsp3) is 0.535. The Hall–Kier alpha value is -5.16. The van der Waals surface area contributed by atoms with E-state index >= 15 is 0 Å². The van der Waals surface area contributed by atoms with E-state index < -0.39 is 88.8 Å². The van der Waals surface area contributed by atoms with Gasteiger partial charge in [0.05, 0.1) is 53.0 Å². The number of aliphatic hydroxyl groups is 2. The second-order valence-corrected chi connectivity index (χ2v) is 16.1. The minimum absolute atomic E-state index is 0.0559. The van der Waals surface area contributed by atoms with Gasteiger partial charge in [0.2, 0.25) is 0 Å². The molecule has 9 atom stereocenters. The number of hydrogen-bond donors (Lipinski definition) is 6. The third-order valence-corrected chi connectivity index (χ3v) is 11.9. The molecule has 4 aliphatic rings. The van der Waals surface area contributed by atoms with Gasteiger partial charge in [-0.05, 0) is 27.0 Å². The number of aliphatic hydroxyl groups excluding tert-OH is 2. The third kappa shape index (κ3) is 8.91. The highest BCUT2D eigenvalue weighted by Crippen LogP contribution is 2.55. The summed E-state index contributed by atoms with van der Waals surface area (Å²) in [5.74, 6) is -8.34. The number of phenolic OH excluding ortho intramolecular Hbond substituents is 3. The number of Topliss-reactive ketones (excluding diaryl/α,β-unsaturated/α-hetero) is 1. The number of carbonyl (C=O) groups excluding carboxylic acids is 3. The number of aromatic hydroxyl groups is 3. The van der Waals surface area contributed by atoms with Crippen LogP contribution in [0.15, 0.2) is 41.2 Å². The van der Waals surface area contributed by atoms with E-state index in [1.54, 1.807) is 44.9 Å². The van der Waals surface area contributed by atoms with Crippen LogP contribution in [0.5, 0.6) is 23.0 Å². The van der Waals surface area contributed by atoms with Gasteiger partial charge in [-0.3, -0.25) is 19.4 Å². The van der Waals surface area contributed by atoms with E-state index in [1.165, 1.54) is 59.4 Å². The molecule has 16 nitrogen and oxygen atoms in total. The maximum atomic E-state index is 14.4. The highest BCUT2D eigenvalue weighted by Gasteiger charge is 2.50. The standard InChI is InChI=1S/C43H58N4O12/c1-21-12-11-13-22(2)42(55)45-33-28(20-44-47-17-15-46(9)16-18-47)37(52)30-31(38(33)53)36(51)26(6)40-32(30)41(54)43(8,59-40)57-19-14-29(56-10)23(3)39(58-27(7)48)25(5)35(50)24(4)34(21)49/h11-14,19-21,23-25,29,34-35,39,49-53H,15-18H2,1-10H3,(H,45,55)/t21-,23+,24+,25+,29-,34-,35-,39+,43-/m0/s1. The Morgan fingerprint density at radius 1 is 0.949 bits per heavy atom. The maximum absolute atomic E-state index is 14.4. The van der Waals surface area contributed by atoms with Gasteiger partial charge in [-0.25, -0.2) is 0 Å². The number of nitrogens with one attached hydrogen (secondary N) is 1. The SMILES string of the molecule is CO[C@H]1C=CO[C@@]2(C)Oc3c(C)c(O)c4c(O)c(c(C=NN5CCN(C)CC5)c(O)c4c3C2=O)NC(=O)C(C)=CC=C[C@H](C)[C@H](O)[C@@H](C)[C@H](O)[C@@H](C)[C@H](OC(C)=O)[C@@H]1C. The van der Waals surface area contributed by atoms with Crippen molar-refractivity contribution in [2.45, 2.75) is 85.6 Å². The fourth-order valence-electron chi connectivity index (χ4n) is 7.92. The number of benzene rings is 2. The van der Waals surface area contributed by atoms with Crippen molar-refractivity contribution < 1.29 is 58.9 Å². The third-order valence-electron chi connectivity index (χ3n) is 11.9. The molecule has 0 aromatic heterocycles. The van der Waals surface area contributed by atoms with Crippen molar-refractivity contribution in [3.05, 3.63) is 52.8 Å². The number of nitrogens with zero attached hydrogens (tertiary/aromatic N) is 3. The number of hydrogen-bond acceptors (Lipinski definition) is 15. The molecule has 1 fully saturated rings. The van der Waals surface area contributed by atoms with E-state index in [0.29, 0.717) is 13.1 Å². The summed E-state index contributed by atoms with van der Waals surface area (Å²) in [7, 11) is 3.42. The summed E-state index contributed by atoms with van der Waals surface area (Å²) in [5.41, 5.74) is -0.350. The number of anilines is 1. The van der Waals surface area contributed by atoms with Crippen LogP contribution < -0.4 is 10.1 Å². The number of rotatable bonds is 4. The molecule has 4 aliphatic heterocycles. The molecule has 1 saturated heterocycles. The molecule has 16 heteroatoms. The fourth-order valence-corrected chi connectivity index (χ4v) is 7.92. The molecule has 322 valence electrons. The van der Waals surface area contributed by atoms with Crippen molar-refractivity contribution in [1.29, 1.82) is 0 Å². The molecule has 0 radical (unpaired) electrons. The summed E-state index contributed by atoms with van der Waals surface area (Å²) in [5, 5.41) is 66.8. The first-order valence-electron chi connectivity index (χ1n) is 19.8. The number of ether oxygens (including phenoxy) is 4. The lowest BCUT2D eigenvalue weighted by atomic mass is 9.78. The highest BCUT2D eigenvalue weighted by molar-refractivity contribution is 6.23. The van der Waals surface area contributed by atoms with Crippen molar-refractivity contribution in [2.24, 2.45) is 28.8 Å². The average Bonchev–Trinajstić information content (AvgIpc) is 3.46. The van der Waals surface area contributed by atoms with Crippen LogP contribution in [0, 0.1) is 30.6 Å². The van der Waals surface area contributed by atoms with Gasteiger partial charge in [-0.1, -0.05) is 45.9 Å². The number of fused-ring (bicyclic) bond motifs is 14. The molecule has 5 bridgehead atoms. The van der Waals surface area contributed by atoms with Gasteiger partial charge in [-0.2, -0.15) is 5.10 Å². The van der Waals surface area contributed by atoms with E-state index in [2.05, 4.69) is 15.3 Å². The summed E-state index contributed by atoms with van der Waals surface area (Å²) < 4.78 is 23.6. The first-order chi connectivity index (χ1) is 27.7. The number of ketones is 1. The lowest BCUT2D eigenvalue weighted by molar-refractivity contribution is -0.160. The Kier molecular flexibility index (Phi) is 13.7. The van der Waals surface area contributed by atoms with Crippen LogP contribution in [0.1, 0.15) is 70.0 Å². The molecule has 4 heterocycles. The number of amides is 1. The van der Waals surface area contributed by atoms with E-state index in [0.717, 1.165) is 13.1 Å². The van der Waals surface area contributed by atoms with Gasteiger partial charge in [0.25, 0.3) is 11.7 Å². The van der Waals surface area contributed by atoms with Gasteiger partial charge in [0.15, 0.2) is 5.75 Å². The molecule has 0 unspecified atom stereocenters. The van der Waals surface area contributed by atoms with Crippen LogP contribution in [0.3, 0.4) is 0 Å². The molecule has 0 aliphatic carbocycles. The topological polar surface area (TPSA) is 220 Å². The Labute approximate surface area is 344 Å². The minimum atomic E-state index is -2.04. The number of carbonyl (C=O) groups is 3. The van der Waals surface area contributed by atoms with Gasteiger partial charge in [0.1, 0.15) is 23.4 Å². The number of phenols is 3. The zero-order chi connectivity index (χ0) is 43.7. The molecule has 6 rings (SSSR count). The molecule has 2 aromatic rings. The minimum Gasteiger partial charge on any atom is -0.507 e. The predicted molar refractivity (Wildman–Crippen MR) is 220 cm³/mol. The Morgan fingerprint density at radius 2 is 1.61 bits per heavy atom. The van der Waals surface area contributed by atoms with Crippen molar-refractivity contribution in [3.63, 3.8) is 0 Å². The van der Waals surface area contributed by atoms with Crippen LogP contribution in [0.25, 0.3) is 10.8 Å². The van der Waals surface area contributed by atoms with Crippen LogP contribution in [-0.2, 0) is 23.8 Å². The molecular weight excluding hydrogens is 764 g/mol. The number of methoxy groups -OCH3 is 1. The molecule has 6 N–H and O–H groups in total. The van der Waals surface area contributed by atoms with Gasteiger partial charge in [0, 0.05) is 87.3 Å². The largest absolute Gasteiger partial charge is 0.507 e. The monoisotopic (exact) mass is 822 g/mol. The predicted octanol–water partition coefficient (Wildman–Crippen LogP) is 4.34. The Balaban J connectivity index is 1.70. The molecule has 59 heavy (non-hydrogen) atoms. The van der Waals surface area contributed by atoms with Crippen molar-refractivity contribution in [1.82, 2.24) is 9.91 Å². The first-order valence-corrected chi connectivity index (χ1v) is 19.8. The maximum Gasteiger partial charge on any atom is 0.312 e. The summed E-state index contributed by atoms with van der Waals surface area (Å²) in [6, 6.07) is 0. The molecule has 1 amide bonds. The molecule has 2 aromatic carbocycles. The second-order valence-electron chi connectivity index (χ2n) is 16.1. The molecule has 0 saturated carbocycles. The summed E-state index contributed by atoms with van der Waals surface area (Å²) in [4.78, 5) is 42.6. The molecular formula is C43H58N4O12. The number of allylic oxidation sites excluding steroid dienone is 2. The van der Waals surface area contributed by atoms with Gasteiger partial charge < -0.3 is 54.7 Å². The van der Waals surface area contributed by atoms with Crippen molar-refractivity contribution >= 4 is 40.3 Å². The van der Waals surface area contributed by atoms with Crippen LogP contribution in [0.4, 0.5) is 5.69 Å². The highest BCUT2D eigenvalue weighted by atomic mass is 16.7. The average molecular weight is 823 g/mol. The Morgan fingerprint density at radius 3 is 2.24 bits per heavy atom. The van der Waals surface area contributed by atoms with Crippen molar-refractivity contribution in [2.75, 3.05) is 45.7 Å². The zero-order valence-electron chi connectivity index (χ0n) is 35.3. The summed E-state index contributed by atoms with van der Waals surface area (Å²) in [6.07, 6.45) is 4.86. The second kappa shape index (κ2) is 18.0. The normalized spacial score (nSPS) is 30.1. The smallest absolute Gasteiger partial charge is 0.312 e. The summed E-state index contributed by atoms with van der Waals surface area (Å²) in [6.45, 7) is 15.1. The lowest BCUT2D eigenvalue weighted by Crippen LogP contribution is -2.46. The van der Waals surface area contributed by atoms with Crippen LogP contribution in [-0.4, -0.2) is 130 Å². The number of hydrazone groups is 1. The van der Waals surface area contributed by atoms with E-state index in [-0.39, 0.29) is 44.5 Å². The Bertz CT molecular complexity index is 2070. The lowest BCUT2D eigenvalue weighted by Gasteiger charge is -2.38. The van der Waals surface area contributed by atoms with E-state index in [9.17, 15) is 39.9 Å². The first kappa shape index (κ1) is 44.9. The number of piperazine rings is 1. The molecule has 0 spiro atoms. The van der Waals surface area contributed by atoms with Crippen molar-refractivity contribution in [3.8, 4) is 23.0 Å². The van der Waals surface area contributed by atoms with Gasteiger partial charge in [-0.15, -0.1) is 0 Å². The quantitative estimate of drug-likeness (QED) is 0.109. The summed E-state index contributed by atoms with van der Waals surface area (Å²) >= 11 is 0. The number of likely N-dealkylation sites (N-methyl/N-ethyl adjacent to an activating group) is 1. The zero-order valence-corrected chi connectivity index (χ0v) is 35.3. The van der Waals surface area contributed by atoms with Crippen LogP contribution in [0.2, 0.25) is 0 Å².